The number of hydrogen-bond acceptors (Lipinski definition) is 5. The summed E-state index contributed by atoms with van der Waals surface area (Å²) >= 11 is 5.25. The number of thiocarbonyl (C=S) groups is 1. The number of H-pyrrole nitrogens is 1. The van der Waals surface area contributed by atoms with E-state index in [9.17, 15) is 32.3 Å². The number of ketones is 1. The third-order valence-corrected chi connectivity index (χ3v) is 9.50. The van der Waals surface area contributed by atoms with Crippen molar-refractivity contribution in [2.24, 2.45) is 17.6 Å². The summed E-state index contributed by atoms with van der Waals surface area (Å²) in [6, 6.07) is 9.81. The Morgan fingerprint density at radius 3 is 2.19 bits per heavy atom. The van der Waals surface area contributed by atoms with Crippen LogP contribution in [-0.2, 0) is 33.4 Å². The first-order chi connectivity index (χ1) is 22.1. The fraction of sp³-hybridized carbons (Fsp3) is 0.441. The summed E-state index contributed by atoms with van der Waals surface area (Å²) in [6.45, 7) is 7.32. The molecule has 0 radical (unpaired) electrons. The highest BCUT2D eigenvalue weighted by Crippen LogP contribution is 2.40. The van der Waals surface area contributed by atoms with Crippen molar-refractivity contribution in [1.29, 1.82) is 0 Å². The van der Waals surface area contributed by atoms with Crippen LogP contribution in [0.15, 0.2) is 48.5 Å². The van der Waals surface area contributed by atoms with Gasteiger partial charge in [0.25, 0.3) is 5.91 Å². The normalized spacial score (nSPS) is 18.7. The van der Waals surface area contributed by atoms with Crippen LogP contribution in [0.2, 0.25) is 0 Å². The zero-order valence-corrected chi connectivity index (χ0v) is 27.5. The molecule has 3 amide bonds. The summed E-state index contributed by atoms with van der Waals surface area (Å²) in [6.07, 6.45) is -3.51. The third kappa shape index (κ3) is 7.50. The topological polar surface area (TPSA) is 146 Å². The van der Waals surface area contributed by atoms with Crippen molar-refractivity contribution >= 4 is 51.6 Å². The molecule has 5 atom stereocenters. The Balaban J connectivity index is 1.74. The molecular weight excluding hydrogens is 631 g/mol. The summed E-state index contributed by atoms with van der Waals surface area (Å²) in [4.78, 5) is 57.3. The van der Waals surface area contributed by atoms with Gasteiger partial charge in [0.1, 0.15) is 11.6 Å². The fourth-order valence-corrected chi connectivity index (χ4v) is 6.31. The predicted molar refractivity (Wildman–Crippen MR) is 177 cm³/mol. The molecule has 47 heavy (non-hydrogen) atoms. The van der Waals surface area contributed by atoms with E-state index in [2.05, 4.69) is 20.9 Å². The molecule has 0 aliphatic heterocycles. The number of carbonyl (C=O) groups excluding carboxylic acids is 4. The first kappa shape index (κ1) is 35.6. The zero-order valence-electron chi connectivity index (χ0n) is 26.7. The van der Waals surface area contributed by atoms with Gasteiger partial charge in [0, 0.05) is 23.1 Å². The maximum atomic E-state index is 14.3. The quantitative estimate of drug-likeness (QED) is 0.107. The van der Waals surface area contributed by atoms with E-state index in [-0.39, 0.29) is 46.6 Å². The molecule has 1 heterocycles. The van der Waals surface area contributed by atoms with Crippen molar-refractivity contribution < 1.29 is 32.3 Å². The monoisotopic (exact) mass is 671 g/mol. The second-order valence-electron chi connectivity index (χ2n) is 12.3. The number of aromatic amines is 1. The second kappa shape index (κ2) is 14.2. The third-order valence-electron chi connectivity index (χ3n) is 9.24. The van der Waals surface area contributed by atoms with Crippen molar-refractivity contribution in [3.8, 4) is 0 Å². The standard InChI is InChI=1S/C34H40F3N5O4S/c1-5-18(3)25(29(38)47)41-32(46)33(16-15-24-22(17-33)21-13-10-14-23(27(21)39-24)34(35,36)37)42-30(44)26(19(4)6-2)40-31(45)28(43)20-11-8-7-9-12-20/h7-14,18-19,25-26,39H,5-6,15-17H2,1-4H3,(H2,38,47)(H,40,45)(H,41,46)(H,42,44)/t18-,19?,25?,26-,33+/m0/s1. The van der Waals surface area contributed by atoms with E-state index in [1.165, 1.54) is 18.2 Å². The molecule has 9 nitrogen and oxygen atoms in total. The van der Waals surface area contributed by atoms with Gasteiger partial charge in [0.15, 0.2) is 0 Å². The number of nitrogens with one attached hydrogen (secondary N) is 4. The van der Waals surface area contributed by atoms with Gasteiger partial charge in [0.05, 0.1) is 22.1 Å². The Labute approximate surface area is 276 Å². The molecule has 0 bridgehead atoms. The van der Waals surface area contributed by atoms with E-state index in [0.29, 0.717) is 24.1 Å². The van der Waals surface area contributed by atoms with E-state index < -0.39 is 58.8 Å². The molecule has 0 fully saturated rings. The lowest BCUT2D eigenvalue weighted by molar-refractivity contribution is -0.137. The number of amides is 3. The van der Waals surface area contributed by atoms with Crippen molar-refractivity contribution in [2.45, 2.75) is 83.6 Å². The summed E-state index contributed by atoms with van der Waals surface area (Å²) in [7, 11) is 0. The molecule has 252 valence electrons. The average molecular weight is 672 g/mol. The molecule has 0 saturated carbocycles. The van der Waals surface area contributed by atoms with Gasteiger partial charge in [-0.3, -0.25) is 19.2 Å². The Morgan fingerprint density at radius 1 is 0.957 bits per heavy atom. The summed E-state index contributed by atoms with van der Waals surface area (Å²) in [5, 5.41) is 8.62. The summed E-state index contributed by atoms with van der Waals surface area (Å²) < 4.78 is 41.7. The van der Waals surface area contributed by atoms with Crippen molar-refractivity contribution in [2.75, 3.05) is 0 Å². The van der Waals surface area contributed by atoms with E-state index in [4.69, 9.17) is 18.0 Å². The number of fused-ring (bicyclic) bond motifs is 3. The van der Waals surface area contributed by atoms with E-state index >= 15 is 0 Å². The highest BCUT2D eigenvalue weighted by Gasteiger charge is 2.47. The van der Waals surface area contributed by atoms with Gasteiger partial charge < -0.3 is 26.7 Å². The van der Waals surface area contributed by atoms with Gasteiger partial charge in [-0.05, 0) is 36.3 Å². The smallest absolute Gasteiger partial charge is 0.392 e. The van der Waals surface area contributed by atoms with Gasteiger partial charge >= 0.3 is 6.18 Å². The lowest BCUT2D eigenvalue weighted by Gasteiger charge is -2.40. The van der Waals surface area contributed by atoms with Crippen LogP contribution in [0, 0.1) is 11.8 Å². The number of halogens is 3. The minimum Gasteiger partial charge on any atom is -0.392 e. The van der Waals surface area contributed by atoms with Crippen LogP contribution in [-0.4, -0.2) is 51.1 Å². The average Bonchev–Trinajstić information content (AvgIpc) is 3.42. The van der Waals surface area contributed by atoms with Crippen LogP contribution in [0.25, 0.3) is 10.9 Å². The molecule has 1 aliphatic rings. The van der Waals surface area contributed by atoms with Crippen LogP contribution in [0.4, 0.5) is 13.2 Å². The van der Waals surface area contributed by atoms with Gasteiger partial charge in [-0.1, -0.05) is 95.2 Å². The van der Waals surface area contributed by atoms with E-state index in [1.807, 2.05) is 20.8 Å². The fourth-order valence-electron chi connectivity index (χ4n) is 6.02. The number of benzene rings is 2. The van der Waals surface area contributed by atoms with E-state index in [0.717, 1.165) is 6.07 Å². The first-order valence-corrected chi connectivity index (χ1v) is 16.1. The largest absolute Gasteiger partial charge is 0.418 e. The van der Waals surface area contributed by atoms with Gasteiger partial charge in [-0.15, -0.1) is 0 Å². The van der Waals surface area contributed by atoms with E-state index in [1.54, 1.807) is 31.2 Å². The number of rotatable bonds is 12. The molecule has 13 heteroatoms. The van der Waals surface area contributed by atoms with Crippen LogP contribution in [0.1, 0.15) is 74.1 Å². The molecule has 2 unspecified atom stereocenters. The lowest BCUT2D eigenvalue weighted by atomic mass is 9.78. The maximum absolute atomic E-state index is 14.3. The summed E-state index contributed by atoms with van der Waals surface area (Å²) in [5.41, 5.74) is 4.56. The Kier molecular flexibility index (Phi) is 10.8. The van der Waals surface area contributed by atoms with Crippen LogP contribution >= 0.6 is 12.2 Å². The molecule has 1 aromatic heterocycles. The number of nitrogens with two attached hydrogens (primary N) is 1. The second-order valence-corrected chi connectivity index (χ2v) is 12.8. The highest BCUT2D eigenvalue weighted by atomic mass is 32.1. The zero-order chi connectivity index (χ0) is 34.7. The first-order valence-electron chi connectivity index (χ1n) is 15.7. The van der Waals surface area contributed by atoms with Crippen molar-refractivity contribution in [3.63, 3.8) is 0 Å². The molecule has 0 spiro atoms. The molecule has 3 aromatic rings. The van der Waals surface area contributed by atoms with Crippen LogP contribution < -0.4 is 21.7 Å². The van der Waals surface area contributed by atoms with Gasteiger partial charge in [-0.25, -0.2) is 0 Å². The number of aromatic nitrogens is 1. The minimum absolute atomic E-state index is 0.0282. The van der Waals surface area contributed by atoms with Crippen molar-refractivity contribution in [3.05, 3.63) is 70.9 Å². The highest BCUT2D eigenvalue weighted by molar-refractivity contribution is 7.80. The Bertz CT molecular complexity index is 1680. The lowest BCUT2D eigenvalue weighted by Crippen LogP contribution is -2.67. The molecular formula is C34H40F3N5O4S. The molecule has 4 rings (SSSR count). The summed E-state index contributed by atoms with van der Waals surface area (Å²) in [5.74, 6) is -3.73. The number of alkyl halides is 3. The van der Waals surface area contributed by atoms with Gasteiger partial charge in [0.2, 0.25) is 17.6 Å². The minimum atomic E-state index is -4.62. The number of carbonyl (C=O) groups is 4. The maximum Gasteiger partial charge on any atom is 0.418 e. The van der Waals surface area contributed by atoms with Crippen molar-refractivity contribution in [1.82, 2.24) is 20.9 Å². The molecule has 6 N–H and O–H groups in total. The molecule has 2 aromatic carbocycles. The number of Topliss-reactive ketones (excluding diaryl/α,β-unsaturated/α-hetero) is 1. The Hall–Kier alpha value is -4.26. The number of para-hydroxylation sites is 1. The number of aryl methyl sites for hydroxylation is 1. The molecule has 1 aliphatic carbocycles. The number of hydrogen-bond donors (Lipinski definition) is 5. The SMILES string of the molecule is CCC(C)[C@H](NC(=O)C(=O)c1ccccc1)C(=O)N[C@]1(C(=O)NC(C(N)=S)[C@@H](C)CC)CCc2[nH]c3c(C(F)(F)F)cccc3c2C1. The Morgan fingerprint density at radius 2 is 1.60 bits per heavy atom. The van der Waals surface area contributed by atoms with Crippen LogP contribution in [0.5, 0.6) is 0 Å². The predicted octanol–water partition coefficient (Wildman–Crippen LogP) is 4.76. The molecule has 0 saturated heterocycles. The van der Waals surface area contributed by atoms with Gasteiger partial charge in [-0.2, -0.15) is 13.2 Å². The van der Waals surface area contributed by atoms with Crippen LogP contribution in [0.3, 0.4) is 0 Å².